The van der Waals surface area contributed by atoms with Gasteiger partial charge in [0.05, 0.1) is 5.69 Å². The van der Waals surface area contributed by atoms with Crippen molar-refractivity contribution < 1.29 is 4.74 Å². The highest BCUT2D eigenvalue weighted by molar-refractivity contribution is 6.30. The smallest absolute Gasteiger partial charge is 0.222 e. The van der Waals surface area contributed by atoms with E-state index < -0.39 is 0 Å². The van der Waals surface area contributed by atoms with E-state index in [1.54, 1.807) is 18.5 Å². The lowest BCUT2D eigenvalue weighted by Gasteiger charge is -2.11. The van der Waals surface area contributed by atoms with Gasteiger partial charge in [-0.3, -0.25) is 0 Å². The number of benzene rings is 2. The molecular formula is C23H24ClN5O. The summed E-state index contributed by atoms with van der Waals surface area (Å²) in [7, 11) is 2.08. The molecule has 2 N–H and O–H groups in total. The first kappa shape index (κ1) is 20.2. The summed E-state index contributed by atoms with van der Waals surface area (Å²) >= 11 is 5.97. The highest BCUT2D eigenvalue weighted by atomic mass is 35.5. The number of halogens is 1. The van der Waals surface area contributed by atoms with Crippen LogP contribution in [-0.4, -0.2) is 27.6 Å². The van der Waals surface area contributed by atoms with E-state index in [0.29, 0.717) is 17.6 Å². The molecule has 0 spiro atoms. The van der Waals surface area contributed by atoms with E-state index in [1.165, 1.54) is 16.5 Å². The van der Waals surface area contributed by atoms with Crippen LogP contribution < -0.4 is 15.4 Å². The van der Waals surface area contributed by atoms with Gasteiger partial charge in [-0.1, -0.05) is 29.8 Å². The Kier molecular flexibility index (Phi) is 6.47. The number of anilines is 1. The van der Waals surface area contributed by atoms with Crippen molar-refractivity contribution in [3.63, 3.8) is 0 Å². The fourth-order valence-corrected chi connectivity index (χ4v) is 3.58. The lowest BCUT2D eigenvalue weighted by Crippen LogP contribution is -2.23. The zero-order valence-electron chi connectivity index (χ0n) is 16.8. The molecule has 4 rings (SSSR count). The fourth-order valence-electron chi connectivity index (χ4n) is 3.45. The standard InChI is InChI=1S/C23H24ClN5O/c1-29-21-6-3-2-5-19(21)20(15-25-13-14-28-23-26-11-4-12-27-23)22(29)16-30-18-9-7-17(24)8-10-18/h2-12,25H,13-16H2,1H3,(H,26,27,28). The maximum atomic E-state index is 6.05. The number of para-hydroxylation sites is 1. The molecule has 0 saturated heterocycles. The molecule has 0 unspecified atom stereocenters. The van der Waals surface area contributed by atoms with Crippen LogP contribution in [0.15, 0.2) is 67.0 Å². The number of nitrogens with one attached hydrogen (secondary N) is 2. The monoisotopic (exact) mass is 421 g/mol. The largest absolute Gasteiger partial charge is 0.487 e. The van der Waals surface area contributed by atoms with Crippen LogP contribution in [0.5, 0.6) is 5.75 Å². The third-order valence-corrected chi connectivity index (χ3v) is 5.24. The van der Waals surface area contributed by atoms with Crippen LogP contribution in [0.3, 0.4) is 0 Å². The van der Waals surface area contributed by atoms with Crippen LogP contribution in [0, 0.1) is 0 Å². The summed E-state index contributed by atoms with van der Waals surface area (Å²) < 4.78 is 8.25. The second-order valence-corrected chi connectivity index (χ2v) is 7.36. The molecule has 0 aliphatic rings. The number of rotatable bonds is 9. The summed E-state index contributed by atoms with van der Waals surface area (Å²) in [6.07, 6.45) is 3.46. The number of hydrogen-bond acceptors (Lipinski definition) is 5. The Balaban J connectivity index is 1.44. The van der Waals surface area contributed by atoms with Gasteiger partial charge in [-0.05, 0) is 42.0 Å². The molecule has 2 heterocycles. The SMILES string of the molecule is Cn1c(COc2ccc(Cl)cc2)c(CNCCNc2ncccn2)c2ccccc21. The summed E-state index contributed by atoms with van der Waals surface area (Å²) in [4.78, 5) is 8.35. The average molecular weight is 422 g/mol. The van der Waals surface area contributed by atoms with Crippen molar-refractivity contribution in [1.82, 2.24) is 19.9 Å². The van der Waals surface area contributed by atoms with Gasteiger partial charge in [0.2, 0.25) is 5.95 Å². The molecule has 0 atom stereocenters. The Bertz CT molecular complexity index is 1100. The summed E-state index contributed by atoms with van der Waals surface area (Å²) in [6, 6.07) is 17.7. The van der Waals surface area contributed by atoms with E-state index in [1.807, 2.05) is 24.3 Å². The van der Waals surface area contributed by atoms with E-state index >= 15 is 0 Å². The molecular weight excluding hydrogens is 398 g/mol. The quantitative estimate of drug-likeness (QED) is 0.392. The highest BCUT2D eigenvalue weighted by Gasteiger charge is 2.15. The zero-order chi connectivity index (χ0) is 20.8. The molecule has 30 heavy (non-hydrogen) atoms. The molecule has 0 fully saturated rings. The van der Waals surface area contributed by atoms with Crippen LogP contribution in [0.25, 0.3) is 10.9 Å². The van der Waals surface area contributed by atoms with Crippen molar-refractivity contribution in [2.75, 3.05) is 18.4 Å². The van der Waals surface area contributed by atoms with Gasteiger partial charge in [0, 0.05) is 55.0 Å². The number of aromatic nitrogens is 3. The number of nitrogens with zero attached hydrogens (tertiary/aromatic N) is 3. The highest BCUT2D eigenvalue weighted by Crippen LogP contribution is 2.27. The zero-order valence-corrected chi connectivity index (χ0v) is 17.6. The maximum absolute atomic E-state index is 6.05. The predicted molar refractivity (Wildman–Crippen MR) is 121 cm³/mol. The lowest BCUT2D eigenvalue weighted by atomic mass is 10.1. The van der Waals surface area contributed by atoms with E-state index in [0.717, 1.165) is 31.1 Å². The van der Waals surface area contributed by atoms with Crippen molar-refractivity contribution in [1.29, 1.82) is 0 Å². The summed E-state index contributed by atoms with van der Waals surface area (Å²) in [6.45, 7) is 2.77. The van der Waals surface area contributed by atoms with E-state index in [-0.39, 0.29) is 0 Å². The van der Waals surface area contributed by atoms with Gasteiger partial charge >= 0.3 is 0 Å². The van der Waals surface area contributed by atoms with Gasteiger partial charge < -0.3 is 19.9 Å². The molecule has 154 valence electrons. The molecule has 7 heteroatoms. The van der Waals surface area contributed by atoms with Crippen molar-refractivity contribution in [2.45, 2.75) is 13.2 Å². The maximum Gasteiger partial charge on any atom is 0.222 e. The Morgan fingerprint density at radius 3 is 2.53 bits per heavy atom. The Hall–Kier alpha value is -3.09. The van der Waals surface area contributed by atoms with Gasteiger partial charge in [-0.25, -0.2) is 9.97 Å². The molecule has 0 saturated carbocycles. The van der Waals surface area contributed by atoms with Crippen LogP contribution in [-0.2, 0) is 20.2 Å². The molecule has 0 aliphatic carbocycles. The predicted octanol–water partition coefficient (Wildman–Crippen LogP) is 4.40. The minimum Gasteiger partial charge on any atom is -0.487 e. The van der Waals surface area contributed by atoms with Gasteiger partial charge in [0.15, 0.2) is 0 Å². The molecule has 0 amide bonds. The van der Waals surface area contributed by atoms with Crippen molar-refractivity contribution >= 4 is 28.5 Å². The van der Waals surface area contributed by atoms with Gasteiger partial charge in [0.1, 0.15) is 12.4 Å². The average Bonchev–Trinajstić information content (AvgIpc) is 3.05. The van der Waals surface area contributed by atoms with Gasteiger partial charge in [0.25, 0.3) is 0 Å². The number of aryl methyl sites for hydroxylation is 1. The van der Waals surface area contributed by atoms with Crippen molar-refractivity contribution in [2.24, 2.45) is 7.05 Å². The van der Waals surface area contributed by atoms with Crippen LogP contribution in [0.1, 0.15) is 11.3 Å². The Morgan fingerprint density at radius 2 is 1.73 bits per heavy atom. The van der Waals surface area contributed by atoms with Crippen molar-refractivity contribution in [3.05, 3.63) is 83.3 Å². The van der Waals surface area contributed by atoms with E-state index in [9.17, 15) is 0 Å². The molecule has 0 radical (unpaired) electrons. The number of hydrogen-bond donors (Lipinski definition) is 2. The minimum absolute atomic E-state index is 0.486. The number of ether oxygens (including phenoxy) is 1. The van der Waals surface area contributed by atoms with Crippen molar-refractivity contribution in [3.8, 4) is 5.75 Å². The van der Waals surface area contributed by atoms with Crippen LogP contribution in [0.4, 0.5) is 5.95 Å². The molecule has 2 aromatic heterocycles. The Morgan fingerprint density at radius 1 is 0.967 bits per heavy atom. The fraction of sp³-hybridized carbons (Fsp3) is 0.217. The first-order valence-electron chi connectivity index (χ1n) is 9.87. The summed E-state index contributed by atoms with van der Waals surface area (Å²) in [5.41, 5.74) is 3.59. The molecule has 0 bridgehead atoms. The Labute approximate surface area is 180 Å². The lowest BCUT2D eigenvalue weighted by molar-refractivity contribution is 0.296. The first-order valence-corrected chi connectivity index (χ1v) is 10.3. The van der Waals surface area contributed by atoms with E-state index in [2.05, 4.69) is 56.5 Å². The van der Waals surface area contributed by atoms with E-state index in [4.69, 9.17) is 16.3 Å². The normalized spacial score (nSPS) is 11.0. The number of fused-ring (bicyclic) bond motifs is 1. The first-order chi connectivity index (χ1) is 14.7. The molecule has 2 aromatic carbocycles. The minimum atomic E-state index is 0.486. The molecule has 6 nitrogen and oxygen atoms in total. The van der Waals surface area contributed by atoms with Gasteiger partial charge in [-0.15, -0.1) is 0 Å². The van der Waals surface area contributed by atoms with Crippen LogP contribution in [0.2, 0.25) is 5.02 Å². The topological polar surface area (TPSA) is 64.0 Å². The third kappa shape index (κ3) is 4.72. The molecule has 4 aromatic rings. The molecule has 0 aliphatic heterocycles. The van der Waals surface area contributed by atoms with Crippen LogP contribution >= 0.6 is 11.6 Å². The summed E-state index contributed by atoms with van der Waals surface area (Å²) in [5, 5.41) is 8.67. The van der Waals surface area contributed by atoms with Gasteiger partial charge in [-0.2, -0.15) is 0 Å². The second-order valence-electron chi connectivity index (χ2n) is 6.92. The summed E-state index contributed by atoms with van der Waals surface area (Å²) in [5.74, 6) is 1.44. The second kappa shape index (κ2) is 9.61. The third-order valence-electron chi connectivity index (χ3n) is 4.99.